The second kappa shape index (κ2) is 7.67. The molecule has 0 atom stereocenters. The van der Waals surface area contributed by atoms with Crippen molar-refractivity contribution in [1.29, 1.82) is 0 Å². The molecule has 0 spiro atoms. The van der Waals surface area contributed by atoms with Gasteiger partial charge in [0.2, 0.25) is 10.0 Å². The number of nitrogens with zero attached hydrogens (tertiary/aromatic N) is 3. The lowest BCUT2D eigenvalue weighted by molar-refractivity contribution is 0.0688. The lowest BCUT2D eigenvalue weighted by Crippen LogP contribution is -2.36. The van der Waals surface area contributed by atoms with Gasteiger partial charge < -0.3 is 5.11 Å². The zero-order valence-electron chi connectivity index (χ0n) is 14.9. The summed E-state index contributed by atoms with van der Waals surface area (Å²) in [5, 5.41) is 13.9. The molecule has 29 heavy (non-hydrogen) atoms. The molecule has 10 heteroatoms. The van der Waals surface area contributed by atoms with Crippen LogP contribution in [0.1, 0.15) is 21.7 Å². The number of aromatic carboxylic acids is 1. The fourth-order valence-electron chi connectivity index (χ4n) is 3.32. The zero-order chi connectivity index (χ0) is 20.8. The molecular weight excluding hydrogens is 526 g/mol. The topological polar surface area (TPSA) is 92.5 Å². The van der Waals surface area contributed by atoms with E-state index in [1.807, 2.05) is 24.3 Å². The molecule has 2 heterocycles. The van der Waals surface area contributed by atoms with Gasteiger partial charge in [0.1, 0.15) is 0 Å². The third kappa shape index (κ3) is 3.77. The summed E-state index contributed by atoms with van der Waals surface area (Å²) < 4.78 is 30.6. The van der Waals surface area contributed by atoms with E-state index >= 15 is 0 Å². The molecule has 1 aromatic heterocycles. The molecule has 7 nitrogen and oxygen atoms in total. The highest BCUT2D eigenvalue weighted by molar-refractivity contribution is 9.10. The minimum atomic E-state index is -3.75. The molecule has 0 radical (unpaired) electrons. The summed E-state index contributed by atoms with van der Waals surface area (Å²) in [5.41, 5.74) is 1.74. The Labute approximate surface area is 184 Å². The smallest absolute Gasteiger partial charge is 0.356 e. The summed E-state index contributed by atoms with van der Waals surface area (Å²) in [6.45, 7) is 0.207. The van der Waals surface area contributed by atoms with Crippen molar-refractivity contribution in [2.24, 2.45) is 0 Å². The highest BCUT2D eigenvalue weighted by atomic mass is 79.9. The Bertz CT molecular complexity index is 1190. The summed E-state index contributed by atoms with van der Waals surface area (Å²) >= 11 is 6.67. The van der Waals surface area contributed by atoms with Crippen LogP contribution >= 0.6 is 31.9 Å². The van der Waals surface area contributed by atoms with Crippen molar-refractivity contribution in [1.82, 2.24) is 14.1 Å². The Morgan fingerprint density at radius 3 is 2.17 bits per heavy atom. The second-order valence-electron chi connectivity index (χ2n) is 6.51. The van der Waals surface area contributed by atoms with Crippen LogP contribution in [0.15, 0.2) is 62.4 Å². The first-order valence-corrected chi connectivity index (χ1v) is 11.7. The van der Waals surface area contributed by atoms with Gasteiger partial charge in [-0.1, -0.05) is 31.9 Å². The zero-order valence-corrected chi connectivity index (χ0v) is 18.9. The number of halogens is 2. The van der Waals surface area contributed by atoms with Crippen molar-refractivity contribution in [3.05, 3.63) is 74.4 Å². The summed E-state index contributed by atoms with van der Waals surface area (Å²) in [7, 11) is -3.75. The fourth-order valence-corrected chi connectivity index (χ4v) is 5.26. The molecule has 1 N–H and O–H groups in total. The normalized spacial score (nSPS) is 14.6. The number of carbonyl (C=O) groups is 1. The van der Waals surface area contributed by atoms with E-state index in [2.05, 4.69) is 37.0 Å². The lowest BCUT2D eigenvalue weighted by Gasteiger charge is -2.27. The number of sulfonamides is 1. The van der Waals surface area contributed by atoms with Crippen molar-refractivity contribution in [2.45, 2.75) is 17.9 Å². The number of carboxylic acids is 1. The van der Waals surface area contributed by atoms with Crippen LogP contribution in [0.2, 0.25) is 0 Å². The van der Waals surface area contributed by atoms with E-state index in [0.717, 1.165) is 14.6 Å². The Balaban J connectivity index is 1.75. The highest BCUT2D eigenvalue weighted by Crippen LogP contribution is 2.30. The molecule has 0 saturated heterocycles. The van der Waals surface area contributed by atoms with E-state index < -0.39 is 16.0 Å². The number of hydrogen-bond donors (Lipinski definition) is 1. The minimum Gasteiger partial charge on any atom is -0.476 e. The van der Waals surface area contributed by atoms with Gasteiger partial charge in [0.15, 0.2) is 5.69 Å². The van der Waals surface area contributed by atoms with E-state index in [1.165, 1.54) is 16.4 Å². The monoisotopic (exact) mass is 539 g/mol. The van der Waals surface area contributed by atoms with Crippen LogP contribution < -0.4 is 0 Å². The molecule has 0 amide bonds. The second-order valence-corrected chi connectivity index (χ2v) is 10.3. The number of fused-ring (bicyclic) bond motifs is 1. The van der Waals surface area contributed by atoms with E-state index in [9.17, 15) is 18.3 Å². The highest BCUT2D eigenvalue weighted by Gasteiger charge is 2.34. The average molecular weight is 541 g/mol. The summed E-state index contributed by atoms with van der Waals surface area (Å²) in [6, 6.07) is 13.7. The molecule has 0 aliphatic carbocycles. The van der Waals surface area contributed by atoms with E-state index in [1.54, 1.807) is 16.8 Å². The van der Waals surface area contributed by atoms with Crippen molar-refractivity contribution in [2.75, 3.05) is 6.54 Å². The van der Waals surface area contributed by atoms with Crippen LogP contribution in [0.5, 0.6) is 0 Å². The number of carboxylic acid groups (broad SMARTS) is 1. The van der Waals surface area contributed by atoms with Gasteiger partial charge in [-0.05, 0) is 48.5 Å². The number of hydrogen-bond acceptors (Lipinski definition) is 4. The largest absolute Gasteiger partial charge is 0.476 e. The third-order valence-corrected chi connectivity index (χ3v) is 7.66. The standard InChI is InChI=1S/C19H15Br2N3O4S/c20-12-1-5-14(6-2-12)24-17-9-10-23(11-16(17)18(22-24)19(25)26)29(27,28)15-7-3-13(21)4-8-15/h1-8H,9-11H2,(H,25,26). The molecule has 0 bridgehead atoms. The van der Waals surface area contributed by atoms with Crippen LogP contribution in [-0.2, 0) is 23.0 Å². The molecule has 3 aromatic rings. The quantitative estimate of drug-likeness (QED) is 0.542. The molecule has 1 aliphatic rings. The van der Waals surface area contributed by atoms with E-state index in [0.29, 0.717) is 17.7 Å². The maximum Gasteiger partial charge on any atom is 0.356 e. The van der Waals surface area contributed by atoms with Gasteiger partial charge in [-0.25, -0.2) is 17.9 Å². The summed E-state index contributed by atoms with van der Waals surface area (Å²) in [4.78, 5) is 11.9. The van der Waals surface area contributed by atoms with Gasteiger partial charge in [-0.15, -0.1) is 0 Å². The third-order valence-electron chi connectivity index (χ3n) is 4.75. The molecule has 0 unspecified atom stereocenters. The lowest BCUT2D eigenvalue weighted by atomic mass is 10.1. The van der Waals surface area contributed by atoms with E-state index in [-0.39, 0.29) is 23.7 Å². The summed E-state index contributed by atoms with van der Waals surface area (Å²) in [6.07, 6.45) is 0.363. The summed E-state index contributed by atoms with van der Waals surface area (Å²) in [5.74, 6) is -1.18. The van der Waals surface area contributed by atoms with Gasteiger partial charge >= 0.3 is 5.97 Å². The van der Waals surface area contributed by atoms with Crippen LogP contribution in [-0.4, -0.2) is 40.1 Å². The molecular formula is C19H15Br2N3O4S. The van der Waals surface area contributed by atoms with Crippen molar-refractivity contribution < 1.29 is 18.3 Å². The predicted octanol–water partition coefficient (Wildman–Crippen LogP) is 3.84. The maximum absolute atomic E-state index is 13.0. The van der Waals surface area contributed by atoms with Crippen LogP contribution in [0.4, 0.5) is 0 Å². The molecule has 150 valence electrons. The van der Waals surface area contributed by atoms with Gasteiger partial charge in [0.05, 0.1) is 16.3 Å². The molecule has 0 saturated carbocycles. The number of rotatable bonds is 4. The number of benzene rings is 2. The van der Waals surface area contributed by atoms with Gasteiger partial charge in [-0.2, -0.15) is 9.40 Å². The molecule has 2 aromatic carbocycles. The first-order chi connectivity index (χ1) is 13.8. The Hall–Kier alpha value is -2.01. The molecule has 4 rings (SSSR count). The van der Waals surface area contributed by atoms with Gasteiger partial charge in [0, 0.05) is 34.0 Å². The average Bonchev–Trinajstić information content (AvgIpc) is 3.08. The van der Waals surface area contributed by atoms with Crippen LogP contribution in [0.25, 0.3) is 5.69 Å². The predicted molar refractivity (Wildman–Crippen MR) is 114 cm³/mol. The Kier molecular flexibility index (Phi) is 5.36. The number of aromatic nitrogens is 2. The van der Waals surface area contributed by atoms with Gasteiger partial charge in [-0.3, -0.25) is 0 Å². The Morgan fingerprint density at radius 2 is 1.59 bits per heavy atom. The van der Waals surface area contributed by atoms with Crippen LogP contribution in [0.3, 0.4) is 0 Å². The van der Waals surface area contributed by atoms with Crippen LogP contribution in [0, 0.1) is 0 Å². The fraction of sp³-hybridized carbons (Fsp3) is 0.158. The minimum absolute atomic E-state index is 0.0358. The molecule has 1 aliphatic heterocycles. The maximum atomic E-state index is 13.0. The van der Waals surface area contributed by atoms with Gasteiger partial charge in [0.25, 0.3) is 0 Å². The Morgan fingerprint density at radius 1 is 1.00 bits per heavy atom. The SMILES string of the molecule is O=C(O)c1nn(-c2ccc(Br)cc2)c2c1CN(S(=O)(=O)c1ccc(Br)cc1)CC2. The molecule has 0 fully saturated rings. The first kappa shape index (κ1) is 20.3. The van der Waals surface area contributed by atoms with Crippen molar-refractivity contribution in [3.63, 3.8) is 0 Å². The van der Waals surface area contributed by atoms with Crippen molar-refractivity contribution >= 4 is 47.9 Å². The first-order valence-electron chi connectivity index (χ1n) is 8.63. The van der Waals surface area contributed by atoms with E-state index in [4.69, 9.17) is 0 Å². The van der Waals surface area contributed by atoms with Crippen molar-refractivity contribution in [3.8, 4) is 5.69 Å².